The van der Waals surface area contributed by atoms with Gasteiger partial charge in [0.05, 0.1) is 0 Å². The van der Waals surface area contributed by atoms with Crippen LogP contribution in [0.2, 0.25) is 0 Å². The Hall–Kier alpha value is -2.74. The maximum Gasteiger partial charge on any atom is 0.0458 e. The average molecular weight is 326 g/mol. The minimum atomic E-state index is 0.307. The van der Waals surface area contributed by atoms with Crippen molar-refractivity contribution in [2.75, 3.05) is 5.32 Å². The first kappa shape index (κ1) is 14.6. The first-order valence-corrected chi connectivity index (χ1v) is 9.01. The van der Waals surface area contributed by atoms with Crippen molar-refractivity contribution in [3.05, 3.63) is 95.0 Å². The molecule has 5 rings (SSSR count). The highest BCUT2D eigenvalue weighted by Gasteiger charge is 2.34. The molecule has 0 amide bonds. The minimum absolute atomic E-state index is 0.307. The van der Waals surface area contributed by atoms with Crippen LogP contribution >= 0.6 is 0 Å². The second kappa shape index (κ2) is 5.13. The van der Waals surface area contributed by atoms with Gasteiger partial charge in [-0.05, 0) is 35.6 Å². The van der Waals surface area contributed by atoms with Crippen molar-refractivity contribution in [3.63, 3.8) is 0 Å². The van der Waals surface area contributed by atoms with E-state index >= 15 is 0 Å². The molecule has 0 aromatic heterocycles. The van der Waals surface area contributed by atoms with Gasteiger partial charge in [0.15, 0.2) is 0 Å². The molecule has 2 heterocycles. The maximum absolute atomic E-state index is 4.41. The summed E-state index contributed by atoms with van der Waals surface area (Å²) in [4.78, 5) is 0. The molecule has 1 aromatic rings. The van der Waals surface area contributed by atoms with Gasteiger partial charge in [-0.1, -0.05) is 50.4 Å². The van der Waals surface area contributed by atoms with E-state index in [-0.39, 0.29) is 0 Å². The summed E-state index contributed by atoms with van der Waals surface area (Å²) < 4.78 is 0. The van der Waals surface area contributed by atoms with E-state index in [2.05, 4.69) is 73.2 Å². The van der Waals surface area contributed by atoms with E-state index in [1.807, 2.05) is 0 Å². The van der Waals surface area contributed by atoms with E-state index < -0.39 is 0 Å². The highest BCUT2D eigenvalue weighted by Crippen LogP contribution is 2.47. The van der Waals surface area contributed by atoms with E-state index in [4.69, 9.17) is 0 Å². The molecule has 2 aliphatic heterocycles. The summed E-state index contributed by atoms with van der Waals surface area (Å²) in [6, 6.07) is 8.44. The molecular weight excluding hydrogens is 304 g/mol. The van der Waals surface area contributed by atoms with Gasteiger partial charge in [0.1, 0.15) is 0 Å². The zero-order chi connectivity index (χ0) is 17.1. The fraction of sp³-hybridized carbons (Fsp3) is 0.217. The molecule has 124 valence electrons. The Kier molecular flexibility index (Phi) is 2.99. The Morgan fingerprint density at radius 1 is 1.12 bits per heavy atom. The predicted molar refractivity (Wildman–Crippen MR) is 105 cm³/mol. The van der Waals surface area contributed by atoms with Gasteiger partial charge in [0.2, 0.25) is 0 Å². The number of anilines is 1. The molecule has 0 spiro atoms. The van der Waals surface area contributed by atoms with Gasteiger partial charge in [0.25, 0.3) is 0 Å². The Labute approximate surface area is 149 Å². The number of para-hydroxylation sites is 1. The fourth-order valence-corrected chi connectivity index (χ4v) is 4.36. The second-order valence-corrected chi connectivity index (χ2v) is 7.46. The third-order valence-electron chi connectivity index (χ3n) is 5.75. The molecule has 2 unspecified atom stereocenters. The van der Waals surface area contributed by atoms with Crippen LogP contribution in [0.15, 0.2) is 89.5 Å². The largest absolute Gasteiger partial charge is 0.358 e. The number of hydrogen-bond acceptors (Lipinski definition) is 2. The number of rotatable bonds is 0. The zero-order valence-electron chi connectivity index (χ0n) is 14.5. The third-order valence-corrected chi connectivity index (χ3v) is 5.75. The smallest absolute Gasteiger partial charge is 0.0458 e. The van der Waals surface area contributed by atoms with Crippen molar-refractivity contribution in [1.29, 1.82) is 0 Å². The summed E-state index contributed by atoms with van der Waals surface area (Å²) in [7, 11) is 0. The van der Waals surface area contributed by atoms with Crippen molar-refractivity contribution in [1.82, 2.24) is 5.32 Å². The lowest BCUT2D eigenvalue weighted by Gasteiger charge is -2.39. The first-order valence-electron chi connectivity index (χ1n) is 9.01. The summed E-state index contributed by atoms with van der Waals surface area (Å²) in [5.41, 5.74) is 11.0. The lowest BCUT2D eigenvalue weighted by atomic mass is 9.75. The molecule has 0 bridgehead atoms. The van der Waals surface area contributed by atoms with Gasteiger partial charge in [0, 0.05) is 51.8 Å². The first-order chi connectivity index (χ1) is 12.1. The molecule has 0 fully saturated rings. The summed E-state index contributed by atoms with van der Waals surface area (Å²) in [5, 5.41) is 7.32. The van der Waals surface area contributed by atoms with Gasteiger partial charge >= 0.3 is 0 Å². The number of benzene rings is 1. The SMILES string of the molecule is C=C1C2=CCC(C)C=C2NC2=C1C=C1Nc3ccccc3C(=C)C1C2. The topological polar surface area (TPSA) is 24.1 Å². The average Bonchev–Trinajstić information content (AvgIpc) is 2.61. The second-order valence-electron chi connectivity index (χ2n) is 7.46. The molecule has 2 N–H and O–H groups in total. The molecule has 2 heteroatoms. The van der Waals surface area contributed by atoms with E-state index in [0.717, 1.165) is 24.1 Å². The highest BCUT2D eigenvalue weighted by molar-refractivity contribution is 5.84. The Morgan fingerprint density at radius 2 is 1.96 bits per heavy atom. The van der Waals surface area contributed by atoms with Gasteiger partial charge in [-0.25, -0.2) is 0 Å². The highest BCUT2D eigenvalue weighted by atomic mass is 15.0. The molecule has 0 radical (unpaired) electrons. The Balaban J connectivity index is 1.59. The predicted octanol–water partition coefficient (Wildman–Crippen LogP) is 5.29. The molecule has 25 heavy (non-hydrogen) atoms. The maximum atomic E-state index is 4.41. The molecule has 2 atom stereocenters. The molecule has 2 aliphatic carbocycles. The summed E-state index contributed by atoms with van der Waals surface area (Å²) in [6.07, 6.45) is 8.97. The van der Waals surface area contributed by atoms with Crippen LogP contribution in [0.3, 0.4) is 0 Å². The van der Waals surface area contributed by atoms with Crippen LogP contribution in [0, 0.1) is 11.8 Å². The number of allylic oxidation sites excluding steroid dienone is 7. The van der Waals surface area contributed by atoms with Gasteiger partial charge in [-0.15, -0.1) is 0 Å². The number of fused-ring (bicyclic) bond motifs is 3. The Bertz CT molecular complexity index is 952. The normalized spacial score (nSPS) is 26.8. The van der Waals surface area contributed by atoms with Gasteiger partial charge in [-0.2, -0.15) is 0 Å². The van der Waals surface area contributed by atoms with Crippen LogP contribution in [0.1, 0.15) is 25.3 Å². The monoisotopic (exact) mass is 326 g/mol. The van der Waals surface area contributed by atoms with Crippen molar-refractivity contribution in [2.45, 2.75) is 19.8 Å². The fourth-order valence-electron chi connectivity index (χ4n) is 4.36. The quantitative estimate of drug-likeness (QED) is 0.676. The number of hydrogen-bond donors (Lipinski definition) is 2. The van der Waals surface area contributed by atoms with Crippen LogP contribution in [-0.4, -0.2) is 0 Å². The van der Waals surface area contributed by atoms with Crippen LogP contribution in [0.25, 0.3) is 5.57 Å². The third kappa shape index (κ3) is 2.10. The molecule has 2 nitrogen and oxygen atoms in total. The summed E-state index contributed by atoms with van der Waals surface area (Å²) >= 11 is 0. The zero-order valence-corrected chi connectivity index (χ0v) is 14.5. The molecule has 4 aliphatic rings. The number of nitrogens with one attached hydrogen (secondary N) is 2. The van der Waals surface area contributed by atoms with E-state index in [1.165, 1.54) is 39.4 Å². The van der Waals surface area contributed by atoms with Gasteiger partial charge in [-0.3, -0.25) is 0 Å². The van der Waals surface area contributed by atoms with E-state index in [0.29, 0.717) is 11.8 Å². The van der Waals surface area contributed by atoms with E-state index in [9.17, 15) is 0 Å². The molecule has 0 saturated heterocycles. The molecule has 1 aromatic carbocycles. The summed E-state index contributed by atoms with van der Waals surface area (Å²) in [6.45, 7) is 11.1. The molecule has 0 saturated carbocycles. The van der Waals surface area contributed by atoms with Crippen LogP contribution in [0.5, 0.6) is 0 Å². The van der Waals surface area contributed by atoms with Gasteiger partial charge < -0.3 is 10.6 Å². The van der Waals surface area contributed by atoms with Crippen molar-refractivity contribution in [2.24, 2.45) is 11.8 Å². The van der Waals surface area contributed by atoms with Crippen LogP contribution in [-0.2, 0) is 0 Å². The standard InChI is InChI=1S/C23H22N2/c1-13-8-9-17-15(3)19-11-22-18(12-23(19)25-21(17)10-13)14(2)16-6-4-5-7-20(16)24-22/h4-7,9-11,13,18,24-25H,2-3,8,12H2,1H3. The van der Waals surface area contributed by atoms with Crippen molar-refractivity contribution < 1.29 is 0 Å². The van der Waals surface area contributed by atoms with E-state index in [1.54, 1.807) is 0 Å². The molecular formula is C23H22N2. The van der Waals surface area contributed by atoms with Crippen LogP contribution in [0.4, 0.5) is 5.69 Å². The Morgan fingerprint density at radius 3 is 2.84 bits per heavy atom. The summed E-state index contributed by atoms with van der Waals surface area (Å²) in [5.74, 6) is 0.884. The minimum Gasteiger partial charge on any atom is -0.358 e. The van der Waals surface area contributed by atoms with Crippen molar-refractivity contribution >= 4 is 11.3 Å². The van der Waals surface area contributed by atoms with Crippen LogP contribution < -0.4 is 10.6 Å². The lowest BCUT2D eigenvalue weighted by Crippen LogP contribution is -2.32. The lowest BCUT2D eigenvalue weighted by molar-refractivity contribution is 0.665. The van der Waals surface area contributed by atoms with Crippen molar-refractivity contribution in [3.8, 4) is 0 Å².